The van der Waals surface area contributed by atoms with Gasteiger partial charge in [0, 0.05) is 18.3 Å². The summed E-state index contributed by atoms with van der Waals surface area (Å²) in [6, 6.07) is 8.53. The largest absolute Gasteiger partial charge is 0.399 e. The van der Waals surface area contributed by atoms with Gasteiger partial charge in [-0.25, -0.2) is 0 Å². The van der Waals surface area contributed by atoms with Crippen molar-refractivity contribution in [2.45, 2.75) is 25.4 Å². The molecule has 3 nitrogen and oxygen atoms in total. The average Bonchev–Trinajstić information content (AvgIpc) is 2.22. The van der Waals surface area contributed by atoms with Crippen LogP contribution < -0.4 is 11.5 Å². The standard InChI is InChI=1S/C12H19N3.3ClH/c13-11-4-6-15(7-5-11)9-10-2-1-3-12(14)8-10;;;/h1-3,8,11H,4-7,9,13-14H2;3*1H. The van der Waals surface area contributed by atoms with Gasteiger partial charge in [0.2, 0.25) is 0 Å². The van der Waals surface area contributed by atoms with Crippen molar-refractivity contribution in [1.29, 1.82) is 0 Å². The fourth-order valence-electron chi connectivity index (χ4n) is 2.06. The van der Waals surface area contributed by atoms with E-state index in [0.717, 1.165) is 38.2 Å². The minimum Gasteiger partial charge on any atom is -0.399 e. The minimum atomic E-state index is 0. The summed E-state index contributed by atoms with van der Waals surface area (Å²) in [5, 5.41) is 0. The van der Waals surface area contributed by atoms with Gasteiger partial charge in [-0.3, -0.25) is 4.90 Å². The molecule has 0 amide bonds. The summed E-state index contributed by atoms with van der Waals surface area (Å²) in [7, 11) is 0. The van der Waals surface area contributed by atoms with E-state index >= 15 is 0 Å². The van der Waals surface area contributed by atoms with E-state index in [4.69, 9.17) is 11.5 Å². The predicted octanol–water partition coefficient (Wildman–Crippen LogP) is 2.46. The highest BCUT2D eigenvalue weighted by Crippen LogP contribution is 2.14. The lowest BCUT2D eigenvalue weighted by Gasteiger charge is -2.30. The molecule has 0 aliphatic carbocycles. The first kappa shape index (κ1) is 20.1. The zero-order chi connectivity index (χ0) is 10.7. The molecule has 0 bridgehead atoms. The third-order valence-corrected chi connectivity index (χ3v) is 2.99. The van der Waals surface area contributed by atoms with Crippen LogP contribution in [0.3, 0.4) is 0 Å². The lowest BCUT2D eigenvalue weighted by atomic mass is 10.1. The number of hydrogen-bond acceptors (Lipinski definition) is 3. The maximum Gasteiger partial charge on any atom is 0.0317 e. The number of rotatable bonds is 2. The molecule has 4 N–H and O–H groups in total. The molecule has 2 rings (SSSR count). The van der Waals surface area contributed by atoms with Gasteiger partial charge >= 0.3 is 0 Å². The first-order chi connectivity index (χ1) is 7.24. The maximum absolute atomic E-state index is 5.87. The molecular formula is C12H22Cl3N3. The Bertz CT molecular complexity index is 328. The molecule has 1 aliphatic heterocycles. The van der Waals surface area contributed by atoms with Gasteiger partial charge in [0.05, 0.1) is 0 Å². The zero-order valence-electron chi connectivity index (χ0n) is 10.2. The van der Waals surface area contributed by atoms with Crippen molar-refractivity contribution >= 4 is 42.9 Å². The van der Waals surface area contributed by atoms with Gasteiger partial charge in [0.25, 0.3) is 0 Å². The lowest BCUT2D eigenvalue weighted by Crippen LogP contribution is -2.39. The van der Waals surface area contributed by atoms with Crippen LogP contribution in [0.15, 0.2) is 24.3 Å². The van der Waals surface area contributed by atoms with Crippen LogP contribution in [0.5, 0.6) is 0 Å². The Morgan fingerprint density at radius 3 is 2.28 bits per heavy atom. The molecular weight excluding hydrogens is 293 g/mol. The zero-order valence-corrected chi connectivity index (χ0v) is 12.7. The number of anilines is 1. The van der Waals surface area contributed by atoms with Crippen LogP contribution in [0.2, 0.25) is 0 Å². The van der Waals surface area contributed by atoms with Crippen LogP contribution in [0, 0.1) is 0 Å². The number of nitrogens with two attached hydrogens (primary N) is 2. The van der Waals surface area contributed by atoms with E-state index in [1.165, 1.54) is 5.56 Å². The van der Waals surface area contributed by atoms with Gasteiger partial charge in [-0.2, -0.15) is 0 Å². The molecule has 1 aromatic carbocycles. The maximum atomic E-state index is 5.87. The molecule has 0 radical (unpaired) electrons. The minimum absolute atomic E-state index is 0. The fourth-order valence-corrected chi connectivity index (χ4v) is 2.06. The van der Waals surface area contributed by atoms with E-state index in [9.17, 15) is 0 Å². The second-order valence-electron chi connectivity index (χ2n) is 4.36. The number of nitrogens with zero attached hydrogens (tertiary/aromatic N) is 1. The summed E-state index contributed by atoms with van der Waals surface area (Å²) < 4.78 is 0. The van der Waals surface area contributed by atoms with Gasteiger partial charge in [0.15, 0.2) is 0 Å². The molecule has 1 saturated heterocycles. The second kappa shape index (κ2) is 9.70. The molecule has 1 fully saturated rings. The molecule has 0 atom stereocenters. The average molecular weight is 315 g/mol. The van der Waals surface area contributed by atoms with Crippen LogP contribution in [0.25, 0.3) is 0 Å². The van der Waals surface area contributed by atoms with Crippen molar-refractivity contribution in [3.63, 3.8) is 0 Å². The highest BCUT2D eigenvalue weighted by molar-refractivity contribution is 5.86. The molecule has 0 saturated carbocycles. The quantitative estimate of drug-likeness (QED) is 0.825. The Kier molecular flexibility index (Phi) is 10.9. The summed E-state index contributed by atoms with van der Waals surface area (Å²) in [4.78, 5) is 2.44. The molecule has 1 aliphatic rings. The van der Waals surface area contributed by atoms with Crippen LogP contribution in [0.1, 0.15) is 18.4 Å². The van der Waals surface area contributed by atoms with Crippen molar-refractivity contribution in [3.05, 3.63) is 29.8 Å². The third kappa shape index (κ3) is 6.12. The van der Waals surface area contributed by atoms with E-state index in [1.54, 1.807) is 0 Å². The highest BCUT2D eigenvalue weighted by Gasteiger charge is 2.15. The summed E-state index contributed by atoms with van der Waals surface area (Å²) in [6.07, 6.45) is 2.23. The number of hydrogen-bond donors (Lipinski definition) is 2. The van der Waals surface area contributed by atoms with E-state index in [2.05, 4.69) is 17.0 Å². The monoisotopic (exact) mass is 313 g/mol. The first-order valence-corrected chi connectivity index (χ1v) is 5.56. The smallest absolute Gasteiger partial charge is 0.0317 e. The summed E-state index contributed by atoms with van der Waals surface area (Å²) in [6.45, 7) is 3.21. The van der Waals surface area contributed by atoms with E-state index in [1.807, 2.05) is 12.1 Å². The van der Waals surface area contributed by atoms with Crippen molar-refractivity contribution in [3.8, 4) is 0 Å². The molecule has 1 aromatic rings. The van der Waals surface area contributed by atoms with Crippen molar-refractivity contribution < 1.29 is 0 Å². The van der Waals surface area contributed by atoms with Gasteiger partial charge < -0.3 is 11.5 Å². The fraction of sp³-hybridized carbons (Fsp3) is 0.500. The Morgan fingerprint density at radius 2 is 1.72 bits per heavy atom. The Labute approximate surface area is 128 Å². The molecule has 0 aromatic heterocycles. The lowest BCUT2D eigenvalue weighted by molar-refractivity contribution is 0.205. The SMILES string of the molecule is Cl.Cl.Cl.Nc1cccc(CN2CCC(N)CC2)c1. The summed E-state index contributed by atoms with van der Waals surface area (Å²) >= 11 is 0. The molecule has 18 heavy (non-hydrogen) atoms. The van der Waals surface area contributed by atoms with E-state index in [-0.39, 0.29) is 37.2 Å². The number of nitrogen functional groups attached to an aromatic ring is 1. The number of likely N-dealkylation sites (tertiary alicyclic amines) is 1. The van der Waals surface area contributed by atoms with Gasteiger partial charge in [-0.15, -0.1) is 37.2 Å². The molecule has 6 heteroatoms. The first-order valence-electron chi connectivity index (χ1n) is 5.56. The Morgan fingerprint density at radius 1 is 1.11 bits per heavy atom. The molecule has 106 valence electrons. The Balaban J connectivity index is 0. The topological polar surface area (TPSA) is 55.3 Å². The molecule has 0 spiro atoms. The molecule has 1 heterocycles. The summed E-state index contributed by atoms with van der Waals surface area (Å²) in [5.74, 6) is 0. The second-order valence-corrected chi connectivity index (χ2v) is 4.36. The van der Waals surface area contributed by atoms with Gasteiger partial charge in [0.1, 0.15) is 0 Å². The van der Waals surface area contributed by atoms with Crippen molar-refractivity contribution in [2.24, 2.45) is 5.73 Å². The van der Waals surface area contributed by atoms with Crippen molar-refractivity contribution in [2.75, 3.05) is 18.8 Å². The molecule has 0 unspecified atom stereocenters. The van der Waals surface area contributed by atoms with Gasteiger partial charge in [-0.1, -0.05) is 12.1 Å². The van der Waals surface area contributed by atoms with Crippen LogP contribution >= 0.6 is 37.2 Å². The number of halogens is 3. The van der Waals surface area contributed by atoms with Crippen molar-refractivity contribution in [1.82, 2.24) is 4.90 Å². The number of benzene rings is 1. The van der Waals surface area contributed by atoms with E-state index < -0.39 is 0 Å². The predicted molar refractivity (Wildman–Crippen MR) is 85.1 cm³/mol. The number of piperidine rings is 1. The highest BCUT2D eigenvalue weighted by atomic mass is 35.5. The van der Waals surface area contributed by atoms with Crippen LogP contribution in [-0.2, 0) is 6.54 Å². The van der Waals surface area contributed by atoms with E-state index in [0.29, 0.717) is 6.04 Å². The third-order valence-electron chi connectivity index (χ3n) is 2.99. The van der Waals surface area contributed by atoms with Gasteiger partial charge in [-0.05, 0) is 43.6 Å². The van der Waals surface area contributed by atoms with Crippen LogP contribution in [0.4, 0.5) is 5.69 Å². The Hall–Kier alpha value is -0.190. The normalized spacial score (nSPS) is 16.1. The summed E-state index contributed by atoms with van der Waals surface area (Å²) in [5.41, 5.74) is 13.8. The van der Waals surface area contributed by atoms with Crippen LogP contribution in [-0.4, -0.2) is 24.0 Å².